The van der Waals surface area contributed by atoms with E-state index in [4.69, 9.17) is 5.73 Å². The molecular weight excluding hydrogens is 190 g/mol. The number of nitrogens with zero attached hydrogens (tertiary/aromatic N) is 4. The lowest BCUT2D eigenvalue weighted by molar-refractivity contribution is 0.644. The normalized spacial score (nSPS) is 12.7. The van der Waals surface area contributed by atoms with Crippen LogP contribution in [0.3, 0.4) is 0 Å². The zero-order chi connectivity index (χ0) is 10.8. The topological polar surface area (TPSA) is 69.6 Å². The van der Waals surface area contributed by atoms with Crippen LogP contribution in [0.4, 0.5) is 0 Å². The Morgan fingerprint density at radius 1 is 1.47 bits per heavy atom. The third kappa shape index (κ3) is 1.87. The van der Waals surface area contributed by atoms with Crippen molar-refractivity contribution >= 4 is 0 Å². The molecule has 2 rings (SSSR count). The Bertz CT molecular complexity index is 462. The molecule has 0 saturated carbocycles. The van der Waals surface area contributed by atoms with E-state index in [2.05, 4.69) is 15.3 Å². The fraction of sp³-hybridized carbons (Fsp3) is 0.300. The van der Waals surface area contributed by atoms with Crippen molar-refractivity contribution in [2.24, 2.45) is 12.8 Å². The zero-order valence-corrected chi connectivity index (χ0v) is 8.75. The molecule has 2 heterocycles. The molecule has 1 atom stereocenters. The summed E-state index contributed by atoms with van der Waals surface area (Å²) in [7, 11) is 1.82. The molecule has 5 nitrogen and oxygen atoms in total. The van der Waals surface area contributed by atoms with Crippen molar-refractivity contribution in [1.29, 1.82) is 0 Å². The van der Waals surface area contributed by atoms with Crippen LogP contribution in [0.25, 0.3) is 0 Å². The lowest BCUT2D eigenvalue weighted by atomic mass is 10.1. The van der Waals surface area contributed by atoms with Gasteiger partial charge in [0.05, 0.1) is 23.6 Å². The summed E-state index contributed by atoms with van der Waals surface area (Å²) in [4.78, 5) is 4.24. The van der Waals surface area contributed by atoms with Gasteiger partial charge in [0.2, 0.25) is 0 Å². The molecule has 0 amide bonds. The molecule has 78 valence electrons. The maximum Gasteiger partial charge on any atom is 0.0913 e. The van der Waals surface area contributed by atoms with Gasteiger partial charge in [0.1, 0.15) is 0 Å². The number of aromatic nitrogens is 4. The van der Waals surface area contributed by atoms with Gasteiger partial charge in [0.25, 0.3) is 0 Å². The van der Waals surface area contributed by atoms with E-state index in [1.165, 1.54) is 0 Å². The third-order valence-corrected chi connectivity index (χ3v) is 2.32. The van der Waals surface area contributed by atoms with Gasteiger partial charge in [-0.2, -0.15) is 0 Å². The van der Waals surface area contributed by atoms with Gasteiger partial charge in [-0.05, 0) is 24.6 Å². The van der Waals surface area contributed by atoms with Crippen LogP contribution < -0.4 is 5.73 Å². The molecule has 0 spiro atoms. The van der Waals surface area contributed by atoms with Crippen LogP contribution >= 0.6 is 0 Å². The first-order valence-corrected chi connectivity index (χ1v) is 4.71. The first-order chi connectivity index (χ1) is 7.18. The predicted octanol–water partition coefficient (Wildman–Crippen LogP) is 0.567. The molecule has 0 aliphatic rings. The summed E-state index contributed by atoms with van der Waals surface area (Å²) >= 11 is 0. The number of aryl methyl sites for hydroxylation is 2. The highest BCUT2D eigenvalue weighted by Crippen LogP contribution is 2.16. The molecule has 1 unspecified atom stereocenters. The number of nitrogens with two attached hydrogens (primary N) is 1. The molecule has 0 fully saturated rings. The summed E-state index contributed by atoms with van der Waals surface area (Å²) in [5, 5.41) is 7.64. The van der Waals surface area contributed by atoms with Gasteiger partial charge in [-0.1, -0.05) is 5.21 Å². The Balaban J connectivity index is 2.36. The minimum absolute atomic E-state index is 0.273. The van der Waals surface area contributed by atoms with Gasteiger partial charge in [-0.15, -0.1) is 5.10 Å². The highest BCUT2D eigenvalue weighted by atomic mass is 15.4. The summed E-state index contributed by atoms with van der Waals surface area (Å²) in [5.41, 5.74) is 8.90. The van der Waals surface area contributed by atoms with E-state index >= 15 is 0 Å². The molecule has 0 saturated heterocycles. The Morgan fingerprint density at radius 2 is 2.27 bits per heavy atom. The van der Waals surface area contributed by atoms with Crippen LogP contribution in [0.2, 0.25) is 0 Å². The van der Waals surface area contributed by atoms with Crippen molar-refractivity contribution in [2.75, 3.05) is 0 Å². The molecule has 0 bridgehead atoms. The summed E-state index contributed by atoms with van der Waals surface area (Å²) in [6, 6.07) is 3.64. The second kappa shape index (κ2) is 3.78. The zero-order valence-electron chi connectivity index (χ0n) is 8.75. The average Bonchev–Trinajstić information content (AvgIpc) is 2.63. The van der Waals surface area contributed by atoms with Crippen molar-refractivity contribution in [3.63, 3.8) is 0 Å². The standard InChI is InChI=1S/C10H13N5/c1-7-3-4-12-8(5-7)10(11)9-6-13-14-15(9)2/h3-6,10H,11H2,1-2H3. The molecule has 0 radical (unpaired) electrons. The van der Waals surface area contributed by atoms with E-state index in [1.807, 2.05) is 26.1 Å². The van der Waals surface area contributed by atoms with Crippen LogP contribution in [0, 0.1) is 6.92 Å². The third-order valence-electron chi connectivity index (χ3n) is 2.32. The summed E-state index contributed by atoms with van der Waals surface area (Å²) < 4.78 is 1.66. The van der Waals surface area contributed by atoms with E-state index < -0.39 is 0 Å². The Morgan fingerprint density at radius 3 is 2.87 bits per heavy atom. The van der Waals surface area contributed by atoms with Crippen molar-refractivity contribution in [3.8, 4) is 0 Å². The second-order valence-corrected chi connectivity index (χ2v) is 3.52. The number of hydrogen-bond acceptors (Lipinski definition) is 4. The molecule has 2 aromatic rings. The second-order valence-electron chi connectivity index (χ2n) is 3.52. The van der Waals surface area contributed by atoms with Crippen molar-refractivity contribution in [1.82, 2.24) is 20.0 Å². The van der Waals surface area contributed by atoms with E-state index in [-0.39, 0.29) is 6.04 Å². The molecule has 2 aromatic heterocycles. The largest absolute Gasteiger partial charge is 0.318 e. The quantitative estimate of drug-likeness (QED) is 0.774. The molecule has 0 aliphatic carbocycles. The number of hydrogen-bond donors (Lipinski definition) is 1. The predicted molar refractivity (Wildman–Crippen MR) is 56.0 cm³/mol. The lowest BCUT2D eigenvalue weighted by Crippen LogP contribution is -2.17. The van der Waals surface area contributed by atoms with Crippen molar-refractivity contribution < 1.29 is 0 Å². The SMILES string of the molecule is Cc1ccnc(C(N)c2cnnn2C)c1. The Kier molecular flexibility index (Phi) is 2.47. The molecule has 5 heteroatoms. The van der Waals surface area contributed by atoms with Crippen LogP contribution in [-0.4, -0.2) is 20.0 Å². The van der Waals surface area contributed by atoms with E-state index in [0.29, 0.717) is 0 Å². The smallest absolute Gasteiger partial charge is 0.0913 e. The van der Waals surface area contributed by atoms with Crippen LogP contribution in [0.1, 0.15) is 23.0 Å². The van der Waals surface area contributed by atoms with Gasteiger partial charge >= 0.3 is 0 Å². The molecule has 0 aromatic carbocycles. The van der Waals surface area contributed by atoms with Gasteiger partial charge in [0, 0.05) is 13.2 Å². The summed E-state index contributed by atoms with van der Waals surface area (Å²) in [6.45, 7) is 2.01. The van der Waals surface area contributed by atoms with Gasteiger partial charge in [-0.25, -0.2) is 0 Å². The van der Waals surface area contributed by atoms with Crippen LogP contribution in [0.15, 0.2) is 24.5 Å². The van der Waals surface area contributed by atoms with Crippen molar-refractivity contribution in [2.45, 2.75) is 13.0 Å². The minimum atomic E-state index is -0.273. The van der Waals surface area contributed by atoms with Gasteiger partial charge in [-0.3, -0.25) is 9.67 Å². The van der Waals surface area contributed by atoms with E-state index in [9.17, 15) is 0 Å². The first-order valence-electron chi connectivity index (χ1n) is 4.71. The lowest BCUT2D eigenvalue weighted by Gasteiger charge is -2.10. The Labute approximate surface area is 87.9 Å². The molecular formula is C10H13N5. The van der Waals surface area contributed by atoms with Gasteiger partial charge < -0.3 is 5.73 Å². The average molecular weight is 203 g/mol. The fourth-order valence-electron chi connectivity index (χ4n) is 1.46. The molecule has 2 N–H and O–H groups in total. The highest BCUT2D eigenvalue weighted by molar-refractivity contribution is 5.23. The monoisotopic (exact) mass is 203 g/mol. The van der Waals surface area contributed by atoms with E-state index in [1.54, 1.807) is 17.1 Å². The molecule has 15 heavy (non-hydrogen) atoms. The summed E-state index contributed by atoms with van der Waals surface area (Å²) in [5.74, 6) is 0. The molecule has 0 aliphatic heterocycles. The minimum Gasteiger partial charge on any atom is -0.318 e. The van der Waals surface area contributed by atoms with E-state index in [0.717, 1.165) is 17.0 Å². The Hall–Kier alpha value is -1.75. The maximum atomic E-state index is 6.07. The highest BCUT2D eigenvalue weighted by Gasteiger charge is 2.14. The van der Waals surface area contributed by atoms with Crippen LogP contribution in [0.5, 0.6) is 0 Å². The van der Waals surface area contributed by atoms with Crippen molar-refractivity contribution in [3.05, 3.63) is 41.5 Å². The maximum absolute atomic E-state index is 6.07. The van der Waals surface area contributed by atoms with Gasteiger partial charge in [0.15, 0.2) is 0 Å². The number of rotatable bonds is 2. The fourth-order valence-corrected chi connectivity index (χ4v) is 1.46. The van der Waals surface area contributed by atoms with Crippen LogP contribution in [-0.2, 0) is 7.05 Å². The summed E-state index contributed by atoms with van der Waals surface area (Å²) in [6.07, 6.45) is 3.42. The first kappa shape index (κ1) is 9.79. The number of pyridine rings is 1.